The molecule has 1 atom stereocenters. The summed E-state index contributed by atoms with van der Waals surface area (Å²) in [5.74, 6) is -0.847. The fourth-order valence-electron chi connectivity index (χ4n) is 0.877. The summed E-state index contributed by atoms with van der Waals surface area (Å²) in [6, 6.07) is 0.140. The van der Waals surface area contributed by atoms with Crippen molar-refractivity contribution in [3.8, 4) is 0 Å². The molecule has 3 nitrogen and oxygen atoms in total. The van der Waals surface area contributed by atoms with Crippen LogP contribution in [0.5, 0.6) is 0 Å². The highest BCUT2D eigenvalue weighted by atomic mass is 16.4. The van der Waals surface area contributed by atoms with Gasteiger partial charge in [0, 0.05) is 11.6 Å². The number of aliphatic carboxylic acids is 1. The Morgan fingerprint density at radius 2 is 2.25 bits per heavy atom. The van der Waals surface area contributed by atoms with Crippen LogP contribution in [0.1, 0.15) is 27.2 Å². The lowest BCUT2D eigenvalue weighted by Gasteiger charge is -2.08. The molecule has 0 rings (SSSR count). The van der Waals surface area contributed by atoms with Crippen molar-refractivity contribution in [2.45, 2.75) is 33.2 Å². The highest BCUT2D eigenvalue weighted by molar-refractivity contribution is 5.85. The van der Waals surface area contributed by atoms with Crippen molar-refractivity contribution >= 4 is 5.97 Å². The summed E-state index contributed by atoms with van der Waals surface area (Å²) < 4.78 is 0. The Balaban J connectivity index is 3.87. The molecule has 0 aliphatic heterocycles. The zero-order chi connectivity index (χ0) is 9.56. The molecule has 0 amide bonds. The Kier molecular flexibility index (Phi) is 5.37. The summed E-state index contributed by atoms with van der Waals surface area (Å²) >= 11 is 0. The molecule has 0 spiro atoms. The number of carbonyl (C=O) groups is 1. The van der Waals surface area contributed by atoms with E-state index in [-0.39, 0.29) is 6.04 Å². The van der Waals surface area contributed by atoms with Gasteiger partial charge in [-0.15, -0.1) is 0 Å². The van der Waals surface area contributed by atoms with Crippen LogP contribution in [0, 0.1) is 0 Å². The quantitative estimate of drug-likeness (QED) is 0.615. The summed E-state index contributed by atoms with van der Waals surface area (Å²) in [5.41, 5.74) is 0.395. The van der Waals surface area contributed by atoms with Gasteiger partial charge in [0.15, 0.2) is 0 Å². The van der Waals surface area contributed by atoms with E-state index in [9.17, 15) is 4.79 Å². The molecule has 2 N–H and O–H groups in total. The lowest BCUT2D eigenvalue weighted by Crippen LogP contribution is -2.25. The second kappa shape index (κ2) is 5.77. The monoisotopic (exact) mass is 171 g/mol. The van der Waals surface area contributed by atoms with Crippen LogP contribution in [-0.2, 0) is 4.79 Å². The Hall–Kier alpha value is -0.830. The van der Waals surface area contributed by atoms with Crippen LogP contribution in [0.15, 0.2) is 11.6 Å². The maximum absolute atomic E-state index is 10.4. The molecule has 0 aromatic rings. The van der Waals surface area contributed by atoms with Crippen LogP contribution in [0.4, 0.5) is 0 Å². The fourth-order valence-corrected chi connectivity index (χ4v) is 0.877. The van der Waals surface area contributed by atoms with Gasteiger partial charge in [0.25, 0.3) is 0 Å². The topological polar surface area (TPSA) is 49.3 Å². The molecular weight excluding hydrogens is 154 g/mol. The van der Waals surface area contributed by atoms with Gasteiger partial charge < -0.3 is 10.4 Å². The molecule has 0 saturated heterocycles. The van der Waals surface area contributed by atoms with E-state index in [0.29, 0.717) is 5.57 Å². The van der Waals surface area contributed by atoms with Crippen molar-refractivity contribution in [1.82, 2.24) is 5.32 Å². The molecule has 0 aliphatic carbocycles. The Bertz CT molecular complexity index is 175. The third-order valence-electron chi connectivity index (χ3n) is 1.55. The van der Waals surface area contributed by atoms with E-state index >= 15 is 0 Å². The van der Waals surface area contributed by atoms with Gasteiger partial charge in [0.1, 0.15) is 0 Å². The SMILES string of the molecule is CCCNC(C)C=C(C)C(=O)O. The fraction of sp³-hybridized carbons (Fsp3) is 0.667. The molecule has 0 heterocycles. The summed E-state index contributed by atoms with van der Waals surface area (Å²) in [4.78, 5) is 10.4. The minimum atomic E-state index is -0.847. The Labute approximate surface area is 73.5 Å². The molecule has 0 aromatic heterocycles. The summed E-state index contributed by atoms with van der Waals surface area (Å²) in [7, 11) is 0. The van der Waals surface area contributed by atoms with E-state index in [1.165, 1.54) is 0 Å². The second-order valence-electron chi connectivity index (χ2n) is 2.90. The number of carboxylic acids is 1. The molecule has 3 heteroatoms. The minimum absolute atomic E-state index is 0.140. The molecule has 1 unspecified atom stereocenters. The lowest BCUT2D eigenvalue weighted by molar-refractivity contribution is -0.132. The largest absolute Gasteiger partial charge is 0.478 e. The first-order valence-corrected chi connectivity index (χ1v) is 4.23. The first-order chi connectivity index (χ1) is 5.57. The zero-order valence-corrected chi connectivity index (χ0v) is 7.92. The molecule has 70 valence electrons. The van der Waals surface area contributed by atoms with Gasteiger partial charge in [0.2, 0.25) is 0 Å². The van der Waals surface area contributed by atoms with Crippen molar-refractivity contribution in [1.29, 1.82) is 0 Å². The Morgan fingerprint density at radius 1 is 1.67 bits per heavy atom. The van der Waals surface area contributed by atoms with E-state index in [4.69, 9.17) is 5.11 Å². The van der Waals surface area contributed by atoms with Gasteiger partial charge in [-0.05, 0) is 26.8 Å². The predicted octanol–water partition coefficient (Wildman–Crippen LogP) is 1.41. The van der Waals surface area contributed by atoms with Crippen molar-refractivity contribution < 1.29 is 9.90 Å². The first-order valence-electron chi connectivity index (χ1n) is 4.23. The highest BCUT2D eigenvalue weighted by Crippen LogP contribution is 1.95. The third-order valence-corrected chi connectivity index (χ3v) is 1.55. The maximum Gasteiger partial charge on any atom is 0.331 e. The van der Waals surface area contributed by atoms with Gasteiger partial charge >= 0.3 is 5.97 Å². The van der Waals surface area contributed by atoms with Crippen molar-refractivity contribution in [3.63, 3.8) is 0 Å². The van der Waals surface area contributed by atoms with Crippen LogP contribution in [0.25, 0.3) is 0 Å². The van der Waals surface area contributed by atoms with E-state index in [2.05, 4.69) is 12.2 Å². The second-order valence-corrected chi connectivity index (χ2v) is 2.90. The van der Waals surface area contributed by atoms with E-state index in [1.54, 1.807) is 13.0 Å². The number of rotatable bonds is 5. The highest BCUT2D eigenvalue weighted by Gasteiger charge is 2.02. The third kappa shape index (κ3) is 4.91. The van der Waals surface area contributed by atoms with Gasteiger partial charge in [-0.25, -0.2) is 4.79 Å². The molecule has 0 radical (unpaired) electrons. The van der Waals surface area contributed by atoms with Crippen LogP contribution in [0.2, 0.25) is 0 Å². The van der Waals surface area contributed by atoms with Gasteiger partial charge in [-0.3, -0.25) is 0 Å². The number of hydrogen-bond donors (Lipinski definition) is 2. The summed E-state index contributed by atoms with van der Waals surface area (Å²) in [6.45, 7) is 6.55. The molecule has 0 fully saturated rings. The number of hydrogen-bond acceptors (Lipinski definition) is 2. The zero-order valence-electron chi connectivity index (χ0n) is 7.92. The normalized spacial score (nSPS) is 14.4. The molecule has 0 aromatic carbocycles. The summed E-state index contributed by atoms with van der Waals surface area (Å²) in [6.07, 6.45) is 2.78. The van der Waals surface area contributed by atoms with Crippen molar-refractivity contribution in [2.75, 3.05) is 6.54 Å². The molecule has 12 heavy (non-hydrogen) atoms. The van der Waals surface area contributed by atoms with Crippen molar-refractivity contribution in [3.05, 3.63) is 11.6 Å². The van der Waals surface area contributed by atoms with Crippen LogP contribution >= 0.6 is 0 Å². The first kappa shape index (κ1) is 11.2. The average Bonchev–Trinajstić information content (AvgIpc) is 2.00. The van der Waals surface area contributed by atoms with Gasteiger partial charge in [-0.1, -0.05) is 13.0 Å². The van der Waals surface area contributed by atoms with E-state index < -0.39 is 5.97 Å². The summed E-state index contributed by atoms with van der Waals surface area (Å²) in [5, 5.41) is 11.7. The van der Waals surface area contributed by atoms with E-state index in [1.807, 2.05) is 6.92 Å². The number of nitrogens with one attached hydrogen (secondary N) is 1. The van der Waals surface area contributed by atoms with Crippen LogP contribution in [-0.4, -0.2) is 23.7 Å². The van der Waals surface area contributed by atoms with E-state index in [0.717, 1.165) is 13.0 Å². The standard InChI is InChI=1S/C9H17NO2/c1-4-5-10-8(3)6-7(2)9(11)12/h6,8,10H,4-5H2,1-3H3,(H,11,12). The average molecular weight is 171 g/mol. The van der Waals surface area contributed by atoms with Crippen LogP contribution < -0.4 is 5.32 Å². The maximum atomic E-state index is 10.4. The minimum Gasteiger partial charge on any atom is -0.478 e. The number of carboxylic acid groups (broad SMARTS) is 1. The lowest BCUT2D eigenvalue weighted by atomic mass is 10.2. The molecule has 0 bridgehead atoms. The van der Waals surface area contributed by atoms with Gasteiger partial charge in [0.05, 0.1) is 0 Å². The van der Waals surface area contributed by atoms with Gasteiger partial charge in [-0.2, -0.15) is 0 Å². The molecule has 0 aliphatic rings. The predicted molar refractivity (Wildman–Crippen MR) is 49.1 cm³/mol. The molecule has 0 saturated carbocycles. The Morgan fingerprint density at radius 3 is 2.67 bits per heavy atom. The smallest absolute Gasteiger partial charge is 0.331 e. The van der Waals surface area contributed by atoms with Crippen molar-refractivity contribution in [2.24, 2.45) is 0 Å². The molecular formula is C9H17NO2. The van der Waals surface area contributed by atoms with Crippen LogP contribution in [0.3, 0.4) is 0 Å².